The van der Waals surface area contributed by atoms with Gasteiger partial charge in [-0.05, 0) is 48.4 Å². The minimum Gasteiger partial charge on any atom is -0.374 e. The molecular formula is C22H17Cl2F6N3O3. The lowest BCUT2D eigenvalue weighted by atomic mass is 9.85. The van der Waals surface area contributed by atoms with Crippen molar-refractivity contribution in [3.63, 3.8) is 0 Å². The van der Waals surface area contributed by atoms with E-state index >= 15 is 0 Å². The van der Waals surface area contributed by atoms with Crippen LogP contribution in [0.3, 0.4) is 0 Å². The van der Waals surface area contributed by atoms with Crippen LogP contribution in [0.15, 0.2) is 41.6 Å². The fraction of sp³-hybridized carbons (Fsp3) is 0.318. The molecule has 1 aliphatic heterocycles. The molecule has 2 unspecified atom stereocenters. The summed E-state index contributed by atoms with van der Waals surface area (Å²) >= 11 is 11.8. The molecular weight excluding hydrogens is 539 g/mol. The van der Waals surface area contributed by atoms with Crippen molar-refractivity contribution >= 4 is 40.7 Å². The zero-order valence-corrected chi connectivity index (χ0v) is 19.7. The molecule has 1 heterocycles. The van der Waals surface area contributed by atoms with E-state index in [0.29, 0.717) is 0 Å². The van der Waals surface area contributed by atoms with E-state index in [4.69, 9.17) is 33.8 Å². The number of nitrogens with one attached hydrogen (secondary N) is 1. The van der Waals surface area contributed by atoms with Crippen LogP contribution in [-0.2, 0) is 15.2 Å². The fourth-order valence-electron chi connectivity index (χ4n) is 3.65. The number of oxime groups is 1. The Kier molecular flexibility index (Phi) is 7.52. The highest BCUT2D eigenvalue weighted by Crippen LogP contribution is 2.49. The number of carbonyl (C=O) groups is 2. The van der Waals surface area contributed by atoms with Crippen molar-refractivity contribution in [2.45, 2.75) is 37.2 Å². The Bertz CT molecular complexity index is 1210. The number of rotatable bonds is 6. The zero-order valence-electron chi connectivity index (χ0n) is 18.2. The summed E-state index contributed by atoms with van der Waals surface area (Å²) in [6, 6.07) is 6.86. The number of primary amides is 1. The molecule has 3 N–H and O–H groups in total. The maximum absolute atomic E-state index is 14.2. The molecule has 0 aliphatic carbocycles. The first-order valence-corrected chi connectivity index (χ1v) is 10.9. The predicted molar refractivity (Wildman–Crippen MR) is 119 cm³/mol. The van der Waals surface area contributed by atoms with E-state index in [0.717, 1.165) is 24.3 Å². The number of benzene rings is 2. The number of carbonyl (C=O) groups excluding carboxylic acids is 2. The first-order chi connectivity index (χ1) is 16.5. The molecule has 1 aliphatic rings. The number of hydrogen-bond donors (Lipinski definition) is 2. The van der Waals surface area contributed by atoms with Gasteiger partial charge < -0.3 is 15.9 Å². The summed E-state index contributed by atoms with van der Waals surface area (Å²) in [7, 11) is 0. The standard InChI is InChI=1S/C22H17Cl2F6N3O3/c1-10(19(35)32-9-21(25,26)27)16-4-11(2-3-15(16)18(31)34)17-8-20(36-33-17,22(28,29)30)12-5-13(23)7-14(24)6-12/h2-7,10H,8-9H2,1H3,(H2,31,34)(H,32,35). The van der Waals surface area contributed by atoms with Crippen LogP contribution >= 0.6 is 23.2 Å². The van der Waals surface area contributed by atoms with E-state index in [1.54, 1.807) is 5.32 Å². The molecule has 2 amide bonds. The van der Waals surface area contributed by atoms with E-state index in [1.807, 2.05) is 0 Å². The maximum Gasteiger partial charge on any atom is 0.435 e. The van der Waals surface area contributed by atoms with Gasteiger partial charge in [0.25, 0.3) is 5.60 Å². The molecule has 0 radical (unpaired) electrons. The SMILES string of the molecule is CC(C(=O)NCC(F)(F)F)c1cc(C2=NOC(c3cc(Cl)cc(Cl)c3)(C(F)(F)F)C2)ccc1C(N)=O. The number of halogens is 8. The van der Waals surface area contributed by atoms with Crippen LogP contribution in [0.4, 0.5) is 26.3 Å². The van der Waals surface area contributed by atoms with E-state index in [1.165, 1.54) is 19.1 Å². The predicted octanol–water partition coefficient (Wildman–Crippen LogP) is 5.46. The van der Waals surface area contributed by atoms with Crippen molar-refractivity contribution in [3.05, 3.63) is 68.7 Å². The minimum atomic E-state index is -4.97. The molecule has 36 heavy (non-hydrogen) atoms. The third-order valence-electron chi connectivity index (χ3n) is 5.49. The number of nitrogens with zero attached hydrogens (tertiary/aromatic N) is 1. The summed E-state index contributed by atoms with van der Waals surface area (Å²) in [6.45, 7) is -0.392. The lowest BCUT2D eigenvalue weighted by molar-refractivity contribution is -0.275. The normalized spacial score (nSPS) is 18.9. The number of alkyl halides is 6. The summed E-state index contributed by atoms with van der Waals surface area (Å²) in [5.74, 6) is -3.37. The summed E-state index contributed by atoms with van der Waals surface area (Å²) < 4.78 is 80.2. The molecule has 0 fully saturated rings. The van der Waals surface area contributed by atoms with Gasteiger partial charge in [0.05, 0.1) is 11.6 Å². The lowest BCUT2D eigenvalue weighted by Crippen LogP contribution is -2.42. The zero-order chi connectivity index (χ0) is 27.1. The van der Waals surface area contributed by atoms with Crippen LogP contribution in [0, 0.1) is 0 Å². The van der Waals surface area contributed by atoms with Gasteiger partial charge in [0.2, 0.25) is 11.8 Å². The highest BCUT2D eigenvalue weighted by molar-refractivity contribution is 6.34. The lowest BCUT2D eigenvalue weighted by Gasteiger charge is -2.29. The summed E-state index contributed by atoms with van der Waals surface area (Å²) in [5.41, 5.74) is 1.52. The summed E-state index contributed by atoms with van der Waals surface area (Å²) in [6.07, 6.45) is -10.5. The number of hydrogen-bond acceptors (Lipinski definition) is 4. The highest BCUT2D eigenvalue weighted by Gasteiger charge is 2.62. The van der Waals surface area contributed by atoms with Crippen molar-refractivity contribution in [1.82, 2.24) is 5.32 Å². The van der Waals surface area contributed by atoms with E-state index in [9.17, 15) is 35.9 Å². The monoisotopic (exact) mass is 555 g/mol. The molecule has 6 nitrogen and oxygen atoms in total. The van der Waals surface area contributed by atoms with Gasteiger partial charge in [0.15, 0.2) is 0 Å². The Morgan fingerprint density at radius 3 is 2.25 bits per heavy atom. The smallest absolute Gasteiger partial charge is 0.374 e. The first kappa shape index (κ1) is 27.6. The topological polar surface area (TPSA) is 93.8 Å². The van der Waals surface area contributed by atoms with Crippen molar-refractivity contribution < 1.29 is 40.8 Å². The molecule has 2 atom stereocenters. The van der Waals surface area contributed by atoms with E-state index < -0.39 is 54.2 Å². The van der Waals surface area contributed by atoms with Crippen molar-refractivity contribution in [1.29, 1.82) is 0 Å². The Hall–Kier alpha value is -2.99. The van der Waals surface area contributed by atoms with E-state index in [2.05, 4.69) is 5.16 Å². The second kappa shape index (κ2) is 9.81. The van der Waals surface area contributed by atoms with Crippen molar-refractivity contribution in [3.8, 4) is 0 Å². The molecule has 14 heteroatoms. The molecule has 2 aromatic carbocycles. The Labute approximate surface area is 210 Å². The van der Waals surface area contributed by atoms with Gasteiger partial charge >= 0.3 is 12.4 Å². The third kappa shape index (κ3) is 5.70. The van der Waals surface area contributed by atoms with Crippen LogP contribution in [0.2, 0.25) is 10.0 Å². The average Bonchev–Trinajstić information content (AvgIpc) is 3.22. The van der Waals surface area contributed by atoms with Crippen molar-refractivity contribution in [2.75, 3.05) is 6.54 Å². The largest absolute Gasteiger partial charge is 0.435 e. The van der Waals surface area contributed by atoms with Gasteiger partial charge in [-0.15, -0.1) is 0 Å². The van der Waals surface area contributed by atoms with Gasteiger partial charge in [-0.25, -0.2) is 0 Å². The molecule has 0 spiro atoms. The van der Waals surface area contributed by atoms with Gasteiger partial charge in [0, 0.05) is 27.6 Å². The average molecular weight is 556 g/mol. The van der Waals surface area contributed by atoms with Crippen LogP contribution in [0.25, 0.3) is 0 Å². The van der Waals surface area contributed by atoms with Gasteiger partial charge in [-0.1, -0.05) is 34.4 Å². The maximum atomic E-state index is 14.2. The Morgan fingerprint density at radius 1 is 1.11 bits per heavy atom. The molecule has 0 bridgehead atoms. The van der Waals surface area contributed by atoms with Crippen LogP contribution < -0.4 is 11.1 Å². The summed E-state index contributed by atoms with van der Waals surface area (Å²) in [4.78, 5) is 29.1. The van der Waals surface area contributed by atoms with Crippen LogP contribution in [0.1, 0.15) is 46.3 Å². The van der Waals surface area contributed by atoms with Crippen molar-refractivity contribution in [2.24, 2.45) is 10.9 Å². The van der Waals surface area contributed by atoms with Gasteiger partial charge in [-0.3, -0.25) is 9.59 Å². The number of nitrogens with two attached hydrogens (primary N) is 1. The Balaban J connectivity index is 1.99. The number of amides is 2. The summed E-state index contributed by atoms with van der Waals surface area (Å²) in [5, 5.41) is 5.16. The first-order valence-electron chi connectivity index (χ1n) is 10.1. The highest BCUT2D eigenvalue weighted by atomic mass is 35.5. The molecule has 0 saturated heterocycles. The molecule has 194 valence electrons. The quantitative estimate of drug-likeness (QED) is 0.464. The third-order valence-corrected chi connectivity index (χ3v) is 5.92. The van der Waals surface area contributed by atoms with Gasteiger partial charge in [0.1, 0.15) is 6.54 Å². The minimum absolute atomic E-state index is 0.0321. The molecule has 0 aromatic heterocycles. The molecule has 2 aromatic rings. The molecule has 3 rings (SSSR count). The molecule has 0 saturated carbocycles. The second-order valence-electron chi connectivity index (χ2n) is 8.01. The fourth-order valence-corrected chi connectivity index (χ4v) is 4.18. The Morgan fingerprint density at radius 2 is 1.72 bits per heavy atom. The van der Waals surface area contributed by atoms with Gasteiger partial charge in [-0.2, -0.15) is 26.3 Å². The van der Waals surface area contributed by atoms with E-state index in [-0.39, 0.29) is 32.4 Å². The van der Waals surface area contributed by atoms with Crippen LogP contribution in [0.5, 0.6) is 0 Å². The second-order valence-corrected chi connectivity index (χ2v) is 8.88. The van der Waals surface area contributed by atoms with Crippen LogP contribution in [-0.4, -0.2) is 36.4 Å².